The highest BCUT2D eigenvalue weighted by Crippen LogP contribution is 2.13. The first-order valence-electron chi connectivity index (χ1n) is 7.07. The van der Waals surface area contributed by atoms with Gasteiger partial charge in [-0.3, -0.25) is 0 Å². The molecule has 7 nitrogen and oxygen atoms in total. The summed E-state index contributed by atoms with van der Waals surface area (Å²) in [6, 6.07) is 3.76. The minimum Gasteiger partial charge on any atom is -0.374 e. The van der Waals surface area contributed by atoms with Crippen LogP contribution in [0.15, 0.2) is 16.7 Å². The lowest BCUT2D eigenvalue weighted by atomic mass is 10.3. The zero-order chi connectivity index (χ0) is 15.1. The number of nitrogens with zero attached hydrogens (tertiary/aromatic N) is 3. The van der Waals surface area contributed by atoms with Gasteiger partial charge in [0.05, 0.1) is 6.54 Å². The minimum absolute atomic E-state index is 0.396. The number of hydrogen-bond acceptors (Lipinski definition) is 7. The Hall–Kier alpha value is -2.15. The van der Waals surface area contributed by atoms with Gasteiger partial charge < -0.3 is 19.9 Å². The SMILES string of the molecule is CCNc1cc(NCc2cc(C)on2)nc(COCC)n1. The molecule has 21 heavy (non-hydrogen) atoms. The molecule has 0 aromatic carbocycles. The van der Waals surface area contributed by atoms with Crippen molar-refractivity contribution >= 4 is 11.6 Å². The Labute approximate surface area is 124 Å². The van der Waals surface area contributed by atoms with E-state index in [1.807, 2.05) is 32.9 Å². The Morgan fingerprint density at radius 2 is 1.90 bits per heavy atom. The molecular weight excluding hydrogens is 270 g/mol. The zero-order valence-electron chi connectivity index (χ0n) is 12.6. The van der Waals surface area contributed by atoms with E-state index in [1.54, 1.807) is 0 Å². The number of nitrogens with one attached hydrogen (secondary N) is 2. The fourth-order valence-electron chi connectivity index (χ4n) is 1.80. The molecule has 0 saturated heterocycles. The molecule has 0 fully saturated rings. The molecule has 0 aliphatic carbocycles. The monoisotopic (exact) mass is 291 g/mol. The third kappa shape index (κ3) is 4.71. The Kier molecular flexibility index (Phi) is 5.51. The fourth-order valence-corrected chi connectivity index (χ4v) is 1.80. The number of aryl methyl sites for hydroxylation is 1. The normalized spacial score (nSPS) is 10.6. The Morgan fingerprint density at radius 1 is 1.14 bits per heavy atom. The van der Waals surface area contributed by atoms with Crippen LogP contribution >= 0.6 is 0 Å². The van der Waals surface area contributed by atoms with Crippen molar-refractivity contribution in [2.45, 2.75) is 33.9 Å². The Bertz CT molecular complexity index is 570. The van der Waals surface area contributed by atoms with E-state index < -0.39 is 0 Å². The van der Waals surface area contributed by atoms with Crippen LogP contribution in [0.2, 0.25) is 0 Å². The summed E-state index contributed by atoms with van der Waals surface area (Å²) in [5, 5.41) is 10.3. The standard InChI is InChI=1S/C14H21N5O2/c1-4-15-12-7-13(18-14(17-12)9-20-5-2)16-8-11-6-10(3)21-19-11/h6-7H,4-5,8-9H2,1-3H3,(H2,15,16,17,18). The first kappa shape index (κ1) is 15.2. The highest BCUT2D eigenvalue weighted by Gasteiger charge is 2.06. The molecule has 0 aliphatic rings. The van der Waals surface area contributed by atoms with Gasteiger partial charge in [-0.1, -0.05) is 5.16 Å². The third-order valence-corrected chi connectivity index (χ3v) is 2.69. The molecule has 2 N–H and O–H groups in total. The molecule has 7 heteroatoms. The van der Waals surface area contributed by atoms with Crippen molar-refractivity contribution in [3.8, 4) is 0 Å². The molecular formula is C14H21N5O2. The highest BCUT2D eigenvalue weighted by molar-refractivity contribution is 5.47. The predicted molar refractivity (Wildman–Crippen MR) is 80.1 cm³/mol. The van der Waals surface area contributed by atoms with Crippen molar-refractivity contribution in [1.82, 2.24) is 15.1 Å². The second kappa shape index (κ2) is 7.58. The maximum Gasteiger partial charge on any atom is 0.158 e. The molecule has 2 aromatic rings. The molecule has 0 saturated carbocycles. The summed E-state index contributed by atoms with van der Waals surface area (Å²) in [5.74, 6) is 2.95. The Morgan fingerprint density at radius 3 is 2.52 bits per heavy atom. The molecule has 0 aliphatic heterocycles. The number of ether oxygens (including phenoxy) is 1. The van der Waals surface area contributed by atoms with Crippen molar-refractivity contribution < 1.29 is 9.26 Å². The molecule has 0 unspecified atom stereocenters. The smallest absolute Gasteiger partial charge is 0.158 e. The average molecular weight is 291 g/mol. The van der Waals surface area contributed by atoms with Crippen LogP contribution in [-0.2, 0) is 17.9 Å². The molecule has 0 bridgehead atoms. The molecule has 114 valence electrons. The van der Waals surface area contributed by atoms with Gasteiger partial charge in [-0.15, -0.1) is 0 Å². The van der Waals surface area contributed by atoms with Gasteiger partial charge in [0, 0.05) is 25.3 Å². The lowest BCUT2D eigenvalue weighted by Gasteiger charge is -2.10. The Balaban J connectivity index is 2.07. The zero-order valence-corrected chi connectivity index (χ0v) is 12.6. The highest BCUT2D eigenvalue weighted by atomic mass is 16.5. The van der Waals surface area contributed by atoms with Crippen LogP contribution in [0.3, 0.4) is 0 Å². The van der Waals surface area contributed by atoms with Gasteiger partial charge in [0.15, 0.2) is 5.82 Å². The maximum atomic E-state index is 5.37. The number of rotatable bonds is 8. The van der Waals surface area contributed by atoms with Gasteiger partial charge in [0.1, 0.15) is 29.7 Å². The van der Waals surface area contributed by atoms with Crippen LogP contribution < -0.4 is 10.6 Å². The summed E-state index contributed by atoms with van der Waals surface area (Å²) in [4.78, 5) is 8.83. The molecule has 2 rings (SSSR count). The summed E-state index contributed by atoms with van der Waals surface area (Å²) in [7, 11) is 0. The molecule has 2 aromatic heterocycles. The van der Waals surface area contributed by atoms with E-state index in [4.69, 9.17) is 9.26 Å². The summed E-state index contributed by atoms with van der Waals surface area (Å²) < 4.78 is 10.4. The lowest BCUT2D eigenvalue weighted by molar-refractivity contribution is 0.128. The fraction of sp³-hybridized carbons (Fsp3) is 0.500. The van der Waals surface area contributed by atoms with Crippen molar-refractivity contribution in [1.29, 1.82) is 0 Å². The van der Waals surface area contributed by atoms with Gasteiger partial charge in [-0.05, 0) is 20.8 Å². The quantitative estimate of drug-likeness (QED) is 0.772. The van der Waals surface area contributed by atoms with Crippen LogP contribution in [0.25, 0.3) is 0 Å². The summed E-state index contributed by atoms with van der Waals surface area (Å²) >= 11 is 0. The van der Waals surface area contributed by atoms with E-state index in [1.165, 1.54) is 0 Å². The second-order valence-corrected chi connectivity index (χ2v) is 4.50. The molecule has 0 amide bonds. The first-order valence-corrected chi connectivity index (χ1v) is 7.07. The number of anilines is 2. The van der Waals surface area contributed by atoms with Crippen LogP contribution in [0.1, 0.15) is 31.1 Å². The van der Waals surface area contributed by atoms with E-state index in [0.717, 1.165) is 29.6 Å². The van der Waals surface area contributed by atoms with Gasteiger partial charge in [0.2, 0.25) is 0 Å². The van der Waals surface area contributed by atoms with Crippen molar-refractivity contribution in [2.24, 2.45) is 0 Å². The van der Waals surface area contributed by atoms with E-state index in [-0.39, 0.29) is 0 Å². The predicted octanol–water partition coefficient (Wildman–Crippen LogP) is 2.35. The summed E-state index contributed by atoms with van der Waals surface area (Å²) in [6.45, 7) is 8.21. The van der Waals surface area contributed by atoms with Gasteiger partial charge in [-0.2, -0.15) is 0 Å². The van der Waals surface area contributed by atoms with Crippen LogP contribution in [0.5, 0.6) is 0 Å². The van der Waals surface area contributed by atoms with Crippen molar-refractivity contribution in [2.75, 3.05) is 23.8 Å². The van der Waals surface area contributed by atoms with E-state index in [9.17, 15) is 0 Å². The van der Waals surface area contributed by atoms with Gasteiger partial charge in [0.25, 0.3) is 0 Å². The number of hydrogen-bond donors (Lipinski definition) is 2. The lowest BCUT2D eigenvalue weighted by Crippen LogP contribution is -2.09. The largest absolute Gasteiger partial charge is 0.374 e. The topological polar surface area (TPSA) is 85.1 Å². The van der Waals surface area contributed by atoms with Crippen LogP contribution in [0.4, 0.5) is 11.6 Å². The molecule has 2 heterocycles. The van der Waals surface area contributed by atoms with Crippen molar-refractivity contribution in [3.05, 3.63) is 29.4 Å². The first-order chi connectivity index (χ1) is 10.2. The van der Waals surface area contributed by atoms with E-state index in [2.05, 4.69) is 25.8 Å². The molecule has 0 atom stereocenters. The summed E-state index contributed by atoms with van der Waals surface area (Å²) in [6.07, 6.45) is 0. The van der Waals surface area contributed by atoms with E-state index in [0.29, 0.717) is 25.6 Å². The average Bonchev–Trinajstić information content (AvgIpc) is 2.89. The van der Waals surface area contributed by atoms with Crippen molar-refractivity contribution in [3.63, 3.8) is 0 Å². The van der Waals surface area contributed by atoms with Crippen LogP contribution in [-0.4, -0.2) is 28.3 Å². The van der Waals surface area contributed by atoms with Gasteiger partial charge in [-0.25, -0.2) is 9.97 Å². The second-order valence-electron chi connectivity index (χ2n) is 4.50. The molecule has 0 spiro atoms. The summed E-state index contributed by atoms with van der Waals surface area (Å²) in [5.41, 5.74) is 0.836. The van der Waals surface area contributed by atoms with E-state index >= 15 is 0 Å². The van der Waals surface area contributed by atoms with Gasteiger partial charge >= 0.3 is 0 Å². The molecule has 0 radical (unpaired) electrons. The number of aromatic nitrogens is 3. The maximum absolute atomic E-state index is 5.37. The van der Waals surface area contributed by atoms with Crippen LogP contribution in [0, 0.1) is 6.92 Å². The minimum atomic E-state index is 0.396. The third-order valence-electron chi connectivity index (χ3n) is 2.69.